The molecule has 31 heavy (non-hydrogen) atoms. The van der Waals surface area contributed by atoms with Crippen molar-refractivity contribution < 1.29 is 4.79 Å². The van der Waals surface area contributed by atoms with E-state index in [1.165, 1.54) is 0 Å². The molecule has 3 aromatic carbocycles. The highest BCUT2D eigenvalue weighted by Gasteiger charge is 2.14. The molecule has 0 saturated heterocycles. The van der Waals surface area contributed by atoms with E-state index in [2.05, 4.69) is 26.7 Å². The van der Waals surface area contributed by atoms with Crippen LogP contribution in [0.3, 0.4) is 0 Å². The lowest BCUT2D eigenvalue weighted by Gasteiger charge is -2.10. The second kappa shape index (κ2) is 8.13. The molecule has 5 nitrogen and oxygen atoms in total. The van der Waals surface area contributed by atoms with E-state index in [0.717, 1.165) is 38.7 Å². The van der Waals surface area contributed by atoms with Crippen LogP contribution in [0.4, 0.5) is 11.4 Å². The number of anilines is 2. The number of nitrogens with zero attached hydrogens (tertiary/aromatic N) is 1. The molecule has 152 valence electrons. The number of aromatic amines is 1. The van der Waals surface area contributed by atoms with E-state index in [9.17, 15) is 4.79 Å². The normalized spacial score (nSPS) is 11.0. The van der Waals surface area contributed by atoms with Gasteiger partial charge < -0.3 is 15.6 Å². The molecule has 0 bridgehead atoms. The Morgan fingerprint density at radius 2 is 1.74 bits per heavy atom. The lowest BCUT2D eigenvalue weighted by atomic mass is 10.1. The quantitative estimate of drug-likeness (QED) is 0.291. The molecule has 0 aliphatic carbocycles. The largest absolute Gasteiger partial charge is 0.381 e. The van der Waals surface area contributed by atoms with Gasteiger partial charge in [-0.25, -0.2) is 4.98 Å². The van der Waals surface area contributed by atoms with Crippen LogP contribution in [-0.4, -0.2) is 15.9 Å². The Labute approximate surface area is 184 Å². The Morgan fingerprint density at radius 3 is 2.65 bits per heavy atom. The van der Waals surface area contributed by atoms with Gasteiger partial charge in [0.1, 0.15) is 5.15 Å². The molecular weight excluding hydrogens is 408 g/mol. The summed E-state index contributed by atoms with van der Waals surface area (Å²) in [6, 6.07) is 25.2. The highest BCUT2D eigenvalue weighted by atomic mass is 35.5. The van der Waals surface area contributed by atoms with Crippen LogP contribution in [0.25, 0.3) is 21.8 Å². The highest BCUT2D eigenvalue weighted by Crippen LogP contribution is 2.28. The van der Waals surface area contributed by atoms with Crippen molar-refractivity contribution in [2.75, 3.05) is 10.6 Å². The molecule has 0 aliphatic heterocycles. The van der Waals surface area contributed by atoms with Gasteiger partial charge >= 0.3 is 0 Å². The second-order valence-corrected chi connectivity index (χ2v) is 7.66. The summed E-state index contributed by atoms with van der Waals surface area (Å²) in [6.07, 6.45) is 1.66. The molecule has 5 aromatic rings. The van der Waals surface area contributed by atoms with E-state index in [0.29, 0.717) is 17.3 Å². The standard InChI is InChI=1S/C25H19ClN4O/c26-23-14-17(11-12-27-23)28-15-16-5-3-6-18(13-16)29-25(31)21-9-4-8-20-19-7-1-2-10-22(19)30-24(20)21/h1-14,30H,15H2,(H,27,28)(H,29,31). The predicted molar refractivity (Wildman–Crippen MR) is 127 cm³/mol. The van der Waals surface area contributed by atoms with Crippen molar-refractivity contribution >= 4 is 50.7 Å². The number of fused-ring (bicyclic) bond motifs is 3. The van der Waals surface area contributed by atoms with Gasteiger partial charge in [0.2, 0.25) is 0 Å². The molecule has 2 heterocycles. The molecule has 0 radical (unpaired) electrons. The summed E-state index contributed by atoms with van der Waals surface area (Å²) in [5.41, 5.74) is 5.14. The van der Waals surface area contributed by atoms with E-state index in [4.69, 9.17) is 11.6 Å². The third-order valence-electron chi connectivity index (χ3n) is 5.19. The van der Waals surface area contributed by atoms with E-state index < -0.39 is 0 Å². The Balaban J connectivity index is 1.37. The summed E-state index contributed by atoms with van der Waals surface area (Å²) in [6.45, 7) is 0.599. The van der Waals surface area contributed by atoms with E-state index in [1.54, 1.807) is 12.3 Å². The Hall–Kier alpha value is -3.83. The number of aromatic nitrogens is 2. The first-order valence-electron chi connectivity index (χ1n) is 9.92. The Morgan fingerprint density at radius 1 is 0.903 bits per heavy atom. The molecule has 6 heteroatoms. The monoisotopic (exact) mass is 426 g/mol. The van der Waals surface area contributed by atoms with Gasteiger partial charge in [-0.05, 0) is 42.0 Å². The van der Waals surface area contributed by atoms with Crippen molar-refractivity contribution in [2.24, 2.45) is 0 Å². The summed E-state index contributed by atoms with van der Waals surface area (Å²) < 4.78 is 0. The van der Waals surface area contributed by atoms with Gasteiger partial charge in [-0.15, -0.1) is 0 Å². The first-order valence-corrected chi connectivity index (χ1v) is 10.3. The number of hydrogen-bond donors (Lipinski definition) is 3. The SMILES string of the molecule is O=C(Nc1cccc(CNc2ccnc(Cl)c2)c1)c1cccc2c1[nH]c1ccccc12. The molecule has 0 spiro atoms. The maximum atomic E-state index is 13.1. The molecule has 0 aliphatic rings. The molecule has 3 N–H and O–H groups in total. The van der Waals surface area contributed by atoms with Crippen molar-refractivity contribution in [1.29, 1.82) is 0 Å². The summed E-state index contributed by atoms with van der Waals surface area (Å²) in [7, 11) is 0. The summed E-state index contributed by atoms with van der Waals surface area (Å²) in [5, 5.41) is 8.92. The third kappa shape index (κ3) is 3.96. The zero-order valence-electron chi connectivity index (χ0n) is 16.5. The highest BCUT2D eigenvalue weighted by molar-refractivity contribution is 6.29. The zero-order valence-corrected chi connectivity index (χ0v) is 17.3. The van der Waals surface area contributed by atoms with Crippen LogP contribution >= 0.6 is 11.6 Å². The molecule has 1 amide bonds. The Kier molecular flexibility index (Phi) is 5.02. The number of rotatable bonds is 5. The van der Waals surface area contributed by atoms with Crippen LogP contribution < -0.4 is 10.6 Å². The number of pyridine rings is 1. The van der Waals surface area contributed by atoms with Gasteiger partial charge in [-0.2, -0.15) is 0 Å². The molecule has 5 rings (SSSR count). The smallest absolute Gasteiger partial charge is 0.257 e. The second-order valence-electron chi connectivity index (χ2n) is 7.27. The first-order chi connectivity index (χ1) is 15.2. The average Bonchev–Trinajstić information content (AvgIpc) is 3.17. The van der Waals surface area contributed by atoms with Crippen molar-refractivity contribution in [3.63, 3.8) is 0 Å². The predicted octanol–water partition coefficient (Wildman–Crippen LogP) is 6.23. The number of hydrogen-bond acceptors (Lipinski definition) is 3. The van der Waals surface area contributed by atoms with Crippen molar-refractivity contribution in [3.8, 4) is 0 Å². The first kappa shape index (κ1) is 19.2. The van der Waals surface area contributed by atoms with Gasteiger partial charge in [0.05, 0.1) is 11.1 Å². The van der Waals surface area contributed by atoms with Crippen LogP contribution in [-0.2, 0) is 6.54 Å². The molecule has 2 aromatic heterocycles. The lowest BCUT2D eigenvalue weighted by molar-refractivity contribution is 0.102. The van der Waals surface area contributed by atoms with Crippen LogP contribution in [0, 0.1) is 0 Å². The third-order valence-corrected chi connectivity index (χ3v) is 5.40. The van der Waals surface area contributed by atoms with E-state index >= 15 is 0 Å². The average molecular weight is 427 g/mol. The van der Waals surface area contributed by atoms with Gasteiger partial charge in [0.15, 0.2) is 0 Å². The van der Waals surface area contributed by atoms with E-state index in [1.807, 2.05) is 66.7 Å². The molecule has 0 fully saturated rings. The maximum Gasteiger partial charge on any atom is 0.257 e. The lowest BCUT2D eigenvalue weighted by Crippen LogP contribution is -2.12. The van der Waals surface area contributed by atoms with Crippen molar-refractivity contribution in [2.45, 2.75) is 6.54 Å². The fourth-order valence-electron chi connectivity index (χ4n) is 3.74. The van der Waals surface area contributed by atoms with Gasteiger partial charge in [0, 0.05) is 40.4 Å². The number of benzene rings is 3. The Bertz CT molecular complexity index is 1410. The number of amides is 1. The summed E-state index contributed by atoms with van der Waals surface area (Å²) in [5.74, 6) is -0.150. The number of H-pyrrole nitrogens is 1. The number of halogens is 1. The fourth-order valence-corrected chi connectivity index (χ4v) is 3.91. The number of carbonyl (C=O) groups is 1. The van der Waals surface area contributed by atoms with Crippen molar-refractivity contribution in [1.82, 2.24) is 9.97 Å². The number of nitrogens with one attached hydrogen (secondary N) is 3. The molecular formula is C25H19ClN4O. The number of carbonyl (C=O) groups excluding carboxylic acids is 1. The van der Waals surface area contributed by atoms with Crippen LogP contribution in [0.1, 0.15) is 15.9 Å². The maximum absolute atomic E-state index is 13.1. The van der Waals surface area contributed by atoms with E-state index in [-0.39, 0.29) is 5.91 Å². The fraction of sp³-hybridized carbons (Fsp3) is 0.0400. The van der Waals surface area contributed by atoms with Crippen LogP contribution in [0.15, 0.2) is 85.1 Å². The van der Waals surface area contributed by atoms with Gasteiger partial charge in [-0.1, -0.05) is 54.1 Å². The number of para-hydroxylation sites is 2. The summed E-state index contributed by atoms with van der Waals surface area (Å²) in [4.78, 5) is 20.4. The zero-order chi connectivity index (χ0) is 21.2. The molecule has 0 atom stereocenters. The van der Waals surface area contributed by atoms with Gasteiger partial charge in [0.25, 0.3) is 5.91 Å². The molecule has 0 unspecified atom stereocenters. The summed E-state index contributed by atoms with van der Waals surface area (Å²) >= 11 is 5.93. The van der Waals surface area contributed by atoms with Crippen LogP contribution in [0.2, 0.25) is 5.15 Å². The van der Waals surface area contributed by atoms with Gasteiger partial charge in [-0.3, -0.25) is 4.79 Å². The topological polar surface area (TPSA) is 69.8 Å². The minimum absolute atomic E-state index is 0.150. The minimum atomic E-state index is -0.150. The molecule has 0 saturated carbocycles. The minimum Gasteiger partial charge on any atom is -0.381 e. The van der Waals surface area contributed by atoms with Crippen molar-refractivity contribution in [3.05, 3.63) is 101 Å². The van der Waals surface area contributed by atoms with Crippen LogP contribution in [0.5, 0.6) is 0 Å².